The molecule has 2 fully saturated rings. The first-order chi connectivity index (χ1) is 11.0. The monoisotopic (exact) mass is 321 g/mol. The Morgan fingerprint density at radius 2 is 1.96 bits per heavy atom. The molecule has 1 aromatic heterocycles. The number of hydrogen-bond donors (Lipinski definition) is 1. The van der Waals surface area contributed by atoms with Crippen LogP contribution in [0.4, 0.5) is 0 Å². The van der Waals surface area contributed by atoms with Gasteiger partial charge in [-0.05, 0) is 40.0 Å². The summed E-state index contributed by atoms with van der Waals surface area (Å²) in [7, 11) is 0. The van der Waals surface area contributed by atoms with Crippen molar-refractivity contribution in [2.75, 3.05) is 26.2 Å². The van der Waals surface area contributed by atoms with Crippen LogP contribution in [0.2, 0.25) is 0 Å². The van der Waals surface area contributed by atoms with Crippen LogP contribution in [0, 0.1) is 13.8 Å². The van der Waals surface area contributed by atoms with Crippen LogP contribution >= 0.6 is 0 Å². The van der Waals surface area contributed by atoms with Crippen molar-refractivity contribution >= 4 is 5.91 Å². The smallest absolute Gasteiger partial charge is 0.230 e. The molecule has 2 aliphatic rings. The largest absolute Gasteiger partial charge is 0.391 e. The Labute approximate surface area is 137 Å². The van der Waals surface area contributed by atoms with E-state index in [-0.39, 0.29) is 24.0 Å². The number of aromatic nitrogens is 1. The van der Waals surface area contributed by atoms with Gasteiger partial charge in [-0.15, -0.1) is 0 Å². The lowest BCUT2D eigenvalue weighted by Gasteiger charge is -2.39. The SMILES string of the molecule is Cc1noc(C)c1[C@H](C)C(=O)N1CCN([C@H]2CCC[C@@H]2O)CC1. The maximum atomic E-state index is 12.8. The molecule has 23 heavy (non-hydrogen) atoms. The Balaban J connectivity index is 1.60. The maximum absolute atomic E-state index is 12.8. The molecule has 0 unspecified atom stereocenters. The van der Waals surface area contributed by atoms with Crippen LogP contribution in [0.1, 0.15) is 49.1 Å². The molecule has 3 atom stereocenters. The molecule has 0 aromatic carbocycles. The number of aliphatic hydroxyl groups is 1. The summed E-state index contributed by atoms with van der Waals surface area (Å²) in [6.07, 6.45) is 2.89. The zero-order chi connectivity index (χ0) is 16.6. The van der Waals surface area contributed by atoms with Gasteiger partial charge in [0.05, 0.1) is 17.7 Å². The molecule has 1 aromatic rings. The van der Waals surface area contributed by atoms with Crippen LogP contribution in [0.25, 0.3) is 0 Å². The second kappa shape index (κ2) is 6.61. The molecule has 1 saturated heterocycles. The van der Waals surface area contributed by atoms with E-state index < -0.39 is 0 Å². The van der Waals surface area contributed by atoms with E-state index >= 15 is 0 Å². The Morgan fingerprint density at radius 1 is 1.26 bits per heavy atom. The van der Waals surface area contributed by atoms with Crippen molar-refractivity contribution in [2.45, 2.75) is 58.1 Å². The van der Waals surface area contributed by atoms with Crippen molar-refractivity contribution in [1.82, 2.24) is 15.0 Å². The van der Waals surface area contributed by atoms with Gasteiger partial charge in [-0.2, -0.15) is 0 Å². The number of aryl methyl sites for hydroxylation is 2. The first-order valence-corrected chi connectivity index (χ1v) is 8.62. The first-order valence-electron chi connectivity index (χ1n) is 8.62. The molecule has 6 nitrogen and oxygen atoms in total. The summed E-state index contributed by atoms with van der Waals surface area (Å²) < 4.78 is 5.19. The van der Waals surface area contributed by atoms with Gasteiger partial charge in [0.2, 0.25) is 5.91 Å². The fourth-order valence-electron chi connectivity index (χ4n) is 4.13. The van der Waals surface area contributed by atoms with Gasteiger partial charge in [0.15, 0.2) is 0 Å². The van der Waals surface area contributed by atoms with Crippen molar-refractivity contribution in [1.29, 1.82) is 0 Å². The molecule has 1 N–H and O–H groups in total. The molecule has 1 aliphatic heterocycles. The number of aliphatic hydroxyl groups excluding tert-OH is 1. The molecule has 1 amide bonds. The highest BCUT2D eigenvalue weighted by Gasteiger charge is 2.34. The van der Waals surface area contributed by atoms with E-state index in [1.165, 1.54) is 0 Å². The fraction of sp³-hybridized carbons (Fsp3) is 0.765. The molecule has 0 radical (unpaired) electrons. The van der Waals surface area contributed by atoms with Crippen LogP contribution in [0.15, 0.2) is 4.52 Å². The van der Waals surface area contributed by atoms with E-state index in [4.69, 9.17) is 4.52 Å². The van der Waals surface area contributed by atoms with E-state index in [0.29, 0.717) is 0 Å². The molecule has 0 spiro atoms. The van der Waals surface area contributed by atoms with Crippen molar-refractivity contribution in [3.05, 3.63) is 17.0 Å². The summed E-state index contributed by atoms with van der Waals surface area (Å²) in [6, 6.07) is 0.284. The molecule has 0 bridgehead atoms. The van der Waals surface area contributed by atoms with Gasteiger partial charge in [-0.3, -0.25) is 9.69 Å². The average Bonchev–Trinajstić information content (AvgIpc) is 3.12. The standard InChI is InChI=1S/C17H27N3O3/c1-11(16-12(2)18-23-13(16)3)17(22)20-9-7-19(8-10-20)14-5-4-6-15(14)21/h11,14-15,21H,4-10H2,1-3H3/t11-,14-,15-/m0/s1. The Morgan fingerprint density at radius 3 is 2.48 bits per heavy atom. The number of rotatable bonds is 3. The van der Waals surface area contributed by atoms with Crippen molar-refractivity contribution < 1.29 is 14.4 Å². The topological polar surface area (TPSA) is 69.8 Å². The lowest BCUT2D eigenvalue weighted by Crippen LogP contribution is -2.54. The third-order valence-electron chi connectivity index (χ3n) is 5.43. The minimum absolute atomic E-state index is 0.144. The van der Waals surface area contributed by atoms with Gasteiger partial charge in [0.1, 0.15) is 5.76 Å². The highest BCUT2D eigenvalue weighted by molar-refractivity contribution is 5.84. The lowest BCUT2D eigenvalue weighted by atomic mass is 9.97. The van der Waals surface area contributed by atoms with E-state index in [1.807, 2.05) is 25.7 Å². The molecule has 1 saturated carbocycles. The van der Waals surface area contributed by atoms with Gasteiger partial charge in [0.25, 0.3) is 0 Å². The zero-order valence-corrected chi connectivity index (χ0v) is 14.3. The normalized spacial score (nSPS) is 27.4. The van der Waals surface area contributed by atoms with E-state index in [0.717, 1.165) is 62.5 Å². The molecule has 3 rings (SSSR count). The predicted octanol–water partition coefficient (Wildman–Crippen LogP) is 1.45. The van der Waals surface area contributed by atoms with Gasteiger partial charge >= 0.3 is 0 Å². The summed E-state index contributed by atoms with van der Waals surface area (Å²) in [5, 5.41) is 14.0. The van der Waals surface area contributed by atoms with E-state index in [1.54, 1.807) is 0 Å². The summed E-state index contributed by atoms with van der Waals surface area (Å²) >= 11 is 0. The molecular weight excluding hydrogens is 294 g/mol. The quantitative estimate of drug-likeness (QED) is 0.912. The number of nitrogens with zero attached hydrogens (tertiary/aromatic N) is 3. The first kappa shape index (κ1) is 16.5. The van der Waals surface area contributed by atoms with Crippen LogP contribution in [-0.4, -0.2) is 64.3 Å². The van der Waals surface area contributed by atoms with E-state index in [2.05, 4.69) is 10.1 Å². The van der Waals surface area contributed by atoms with Gasteiger partial charge < -0.3 is 14.5 Å². The Bertz CT molecular complexity index is 544. The molecule has 2 heterocycles. The second-order valence-electron chi connectivity index (χ2n) is 6.89. The molecule has 6 heteroatoms. The average molecular weight is 321 g/mol. The van der Waals surface area contributed by atoms with Crippen molar-refractivity contribution in [2.24, 2.45) is 0 Å². The molecule has 128 valence electrons. The minimum Gasteiger partial charge on any atom is -0.391 e. The minimum atomic E-state index is -0.218. The van der Waals surface area contributed by atoms with Crippen molar-refractivity contribution in [3.8, 4) is 0 Å². The number of piperazine rings is 1. The highest BCUT2D eigenvalue weighted by atomic mass is 16.5. The third-order valence-corrected chi connectivity index (χ3v) is 5.43. The number of carbonyl (C=O) groups is 1. The Kier molecular flexibility index (Phi) is 4.73. The predicted molar refractivity (Wildman–Crippen MR) is 86.2 cm³/mol. The van der Waals surface area contributed by atoms with Crippen LogP contribution < -0.4 is 0 Å². The van der Waals surface area contributed by atoms with Crippen LogP contribution in [0.3, 0.4) is 0 Å². The Hall–Kier alpha value is -1.40. The summed E-state index contributed by atoms with van der Waals surface area (Å²) in [5.41, 5.74) is 1.72. The molecular formula is C17H27N3O3. The number of amides is 1. The fourth-order valence-corrected chi connectivity index (χ4v) is 4.13. The summed E-state index contributed by atoms with van der Waals surface area (Å²) in [5.74, 6) is 0.659. The number of carbonyl (C=O) groups excluding carboxylic acids is 1. The van der Waals surface area contributed by atoms with Crippen molar-refractivity contribution in [3.63, 3.8) is 0 Å². The van der Waals surface area contributed by atoms with Gasteiger partial charge in [-0.25, -0.2) is 0 Å². The lowest BCUT2D eigenvalue weighted by molar-refractivity contribution is -0.134. The van der Waals surface area contributed by atoms with Crippen LogP contribution in [0.5, 0.6) is 0 Å². The molecule has 1 aliphatic carbocycles. The summed E-state index contributed by atoms with van der Waals surface area (Å²) in [4.78, 5) is 17.1. The van der Waals surface area contributed by atoms with Gasteiger partial charge in [0, 0.05) is 37.8 Å². The van der Waals surface area contributed by atoms with Crippen LogP contribution in [-0.2, 0) is 4.79 Å². The van der Waals surface area contributed by atoms with E-state index in [9.17, 15) is 9.90 Å². The van der Waals surface area contributed by atoms with Gasteiger partial charge in [-0.1, -0.05) is 5.16 Å². The highest BCUT2D eigenvalue weighted by Crippen LogP contribution is 2.27. The second-order valence-corrected chi connectivity index (χ2v) is 6.89. The zero-order valence-electron chi connectivity index (χ0n) is 14.3. The number of hydrogen-bond acceptors (Lipinski definition) is 5. The third kappa shape index (κ3) is 3.15. The summed E-state index contributed by atoms with van der Waals surface area (Å²) in [6.45, 7) is 8.84. The maximum Gasteiger partial charge on any atom is 0.230 e.